The van der Waals surface area contributed by atoms with E-state index in [1.165, 1.54) is 48.8 Å². The van der Waals surface area contributed by atoms with Crippen LogP contribution in [0.25, 0.3) is 0 Å². The second-order valence-corrected chi connectivity index (χ2v) is 8.49. The Labute approximate surface area is 126 Å². The highest BCUT2D eigenvalue weighted by molar-refractivity contribution is 7.15. The predicted molar refractivity (Wildman–Crippen MR) is 86.4 cm³/mol. The highest BCUT2D eigenvalue weighted by Gasteiger charge is 2.29. The molecule has 0 unspecified atom stereocenters. The van der Waals surface area contributed by atoms with Crippen molar-refractivity contribution in [3.05, 3.63) is 11.1 Å². The molecule has 2 heterocycles. The van der Waals surface area contributed by atoms with E-state index in [2.05, 4.69) is 42.2 Å². The van der Waals surface area contributed by atoms with Crippen molar-refractivity contribution >= 4 is 16.5 Å². The molecule has 0 amide bonds. The molecule has 0 spiro atoms. The van der Waals surface area contributed by atoms with E-state index in [1.807, 2.05) is 11.3 Å². The van der Waals surface area contributed by atoms with E-state index in [-0.39, 0.29) is 0 Å². The highest BCUT2D eigenvalue weighted by atomic mass is 32.1. The van der Waals surface area contributed by atoms with E-state index in [9.17, 15) is 0 Å². The van der Waals surface area contributed by atoms with E-state index in [0.717, 1.165) is 18.5 Å². The summed E-state index contributed by atoms with van der Waals surface area (Å²) in [5.74, 6) is 0.856. The molecule has 3 nitrogen and oxygen atoms in total. The number of piperidine rings is 1. The van der Waals surface area contributed by atoms with Crippen LogP contribution in [0.1, 0.15) is 51.3 Å². The Hall–Kier alpha value is -0.610. The van der Waals surface area contributed by atoms with Crippen molar-refractivity contribution in [1.82, 2.24) is 10.3 Å². The predicted octanol–water partition coefficient (Wildman–Crippen LogP) is 3.66. The van der Waals surface area contributed by atoms with Crippen LogP contribution in [0.3, 0.4) is 0 Å². The molecule has 1 aliphatic carbocycles. The minimum absolute atomic E-state index is 0.453. The van der Waals surface area contributed by atoms with Crippen LogP contribution < -0.4 is 10.2 Å². The standard InChI is InChI=1S/C16H27N3S/c1-16(2,3)12-6-8-19(9-7-12)15-18-11-14(20-15)10-17-13-4-5-13/h11-13,17H,4-10H2,1-3H3. The Morgan fingerprint density at radius 3 is 2.55 bits per heavy atom. The molecule has 0 bridgehead atoms. The van der Waals surface area contributed by atoms with Crippen molar-refractivity contribution in [2.24, 2.45) is 11.3 Å². The molecule has 1 aromatic rings. The molecule has 112 valence electrons. The number of thiazole rings is 1. The molecule has 1 saturated carbocycles. The van der Waals surface area contributed by atoms with Gasteiger partial charge in [0.05, 0.1) is 0 Å². The zero-order valence-corrected chi connectivity index (χ0v) is 13.8. The minimum atomic E-state index is 0.453. The number of nitrogens with zero attached hydrogens (tertiary/aromatic N) is 2. The number of hydrogen-bond donors (Lipinski definition) is 1. The number of rotatable bonds is 4. The molecule has 1 aromatic heterocycles. The maximum Gasteiger partial charge on any atom is 0.185 e. The summed E-state index contributed by atoms with van der Waals surface area (Å²) in [4.78, 5) is 8.49. The molecule has 1 aliphatic heterocycles. The molecular weight excluding hydrogens is 266 g/mol. The van der Waals surface area contributed by atoms with Crippen LogP contribution in [-0.2, 0) is 6.54 Å². The Kier molecular flexibility index (Phi) is 4.04. The molecule has 2 fully saturated rings. The van der Waals surface area contributed by atoms with Gasteiger partial charge in [-0.05, 0) is 37.0 Å². The van der Waals surface area contributed by atoms with Gasteiger partial charge in [-0.3, -0.25) is 0 Å². The molecule has 0 atom stereocenters. The maximum absolute atomic E-state index is 4.63. The number of hydrogen-bond acceptors (Lipinski definition) is 4. The third-order valence-electron chi connectivity index (χ3n) is 4.67. The van der Waals surface area contributed by atoms with Crippen molar-refractivity contribution in [1.29, 1.82) is 0 Å². The zero-order valence-electron chi connectivity index (χ0n) is 13.0. The number of aromatic nitrogens is 1. The van der Waals surface area contributed by atoms with Gasteiger partial charge < -0.3 is 10.2 Å². The lowest BCUT2D eigenvalue weighted by atomic mass is 9.75. The maximum atomic E-state index is 4.63. The van der Waals surface area contributed by atoms with Crippen molar-refractivity contribution in [2.45, 2.75) is 59.0 Å². The molecule has 20 heavy (non-hydrogen) atoms. The average Bonchev–Trinajstić information content (AvgIpc) is 3.13. The lowest BCUT2D eigenvalue weighted by Crippen LogP contribution is -2.37. The van der Waals surface area contributed by atoms with E-state index < -0.39 is 0 Å². The summed E-state index contributed by atoms with van der Waals surface area (Å²) in [6.07, 6.45) is 7.38. The van der Waals surface area contributed by atoms with Gasteiger partial charge in [0.15, 0.2) is 5.13 Å². The summed E-state index contributed by atoms with van der Waals surface area (Å²) in [5.41, 5.74) is 0.453. The number of nitrogens with one attached hydrogen (secondary N) is 1. The van der Waals surface area contributed by atoms with Gasteiger partial charge >= 0.3 is 0 Å². The molecular formula is C16H27N3S. The quantitative estimate of drug-likeness (QED) is 0.918. The first-order chi connectivity index (χ1) is 9.52. The summed E-state index contributed by atoms with van der Waals surface area (Å²) in [7, 11) is 0. The first-order valence-corrected chi connectivity index (χ1v) is 8.77. The highest BCUT2D eigenvalue weighted by Crippen LogP contribution is 2.36. The molecule has 0 aromatic carbocycles. The Morgan fingerprint density at radius 2 is 1.95 bits per heavy atom. The van der Waals surface area contributed by atoms with Gasteiger partial charge in [0.1, 0.15) is 0 Å². The second-order valence-electron chi connectivity index (χ2n) is 7.39. The van der Waals surface area contributed by atoms with Crippen LogP contribution in [0.4, 0.5) is 5.13 Å². The van der Waals surface area contributed by atoms with Gasteiger partial charge in [-0.15, -0.1) is 11.3 Å². The summed E-state index contributed by atoms with van der Waals surface area (Å²) < 4.78 is 0. The summed E-state index contributed by atoms with van der Waals surface area (Å²) in [6, 6.07) is 0.781. The van der Waals surface area contributed by atoms with Gasteiger partial charge in [-0.1, -0.05) is 20.8 Å². The molecule has 1 N–H and O–H groups in total. The number of anilines is 1. The molecule has 0 radical (unpaired) electrons. The van der Waals surface area contributed by atoms with Crippen molar-refractivity contribution < 1.29 is 0 Å². The SMILES string of the molecule is CC(C)(C)C1CCN(c2ncc(CNC3CC3)s2)CC1. The molecule has 2 aliphatic rings. The topological polar surface area (TPSA) is 28.2 Å². The van der Waals surface area contributed by atoms with E-state index >= 15 is 0 Å². The average molecular weight is 293 g/mol. The first-order valence-electron chi connectivity index (χ1n) is 7.95. The summed E-state index contributed by atoms with van der Waals surface area (Å²) >= 11 is 1.87. The fraction of sp³-hybridized carbons (Fsp3) is 0.812. The molecule has 3 rings (SSSR count). The first kappa shape index (κ1) is 14.3. The normalized spacial score (nSPS) is 21.4. The Bertz CT molecular complexity index is 437. The van der Waals surface area contributed by atoms with Crippen LogP contribution in [0.2, 0.25) is 0 Å². The van der Waals surface area contributed by atoms with E-state index in [4.69, 9.17) is 0 Å². The van der Waals surface area contributed by atoms with Crippen molar-refractivity contribution in [2.75, 3.05) is 18.0 Å². The van der Waals surface area contributed by atoms with Crippen molar-refractivity contribution in [3.63, 3.8) is 0 Å². The Balaban J connectivity index is 1.52. The van der Waals surface area contributed by atoms with Gasteiger partial charge in [0, 0.05) is 36.8 Å². The van der Waals surface area contributed by atoms with E-state index in [1.54, 1.807) is 0 Å². The van der Waals surface area contributed by atoms with Crippen LogP contribution in [0.15, 0.2) is 6.20 Å². The third-order valence-corrected chi connectivity index (χ3v) is 5.73. The monoisotopic (exact) mass is 293 g/mol. The smallest absolute Gasteiger partial charge is 0.185 e. The summed E-state index contributed by atoms with van der Waals surface area (Å²) in [6.45, 7) is 10.5. The van der Waals surface area contributed by atoms with Gasteiger partial charge in [-0.25, -0.2) is 4.98 Å². The van der Waals surface area contributed by atoms with Gasteiger partial charge in [0.25, 0.3) is 0 Å². The fourth-order valence-corrected chi connectivity index (χ4v) is 3.91. The lowest BCUT2D eigenvalue weighted by Gasteiger charge is -2.38. The minimum Gasteiger partial charge on any atom is -0.348 e. The van der Waals surface area contributed by atoms with Crippen LogP contribution in [-0.4, -0.2) is 24.1 Å². The third kappa shape index (κ3) is 3.53. The van der Waals surface area contributed by atoms with Crippen LogP contribution in [0, 0.1) is 11.3 Å². The van der Waals surface area contributed by atoms with Crippen LogP contribution >= 0.6 is 11.3 Å². The lowest BCUT2D eigenvalue weighted by molar-refractivity contribution is 0.199. The molecule has 1 saturated heterocycles. The molecule has 4 heteroatoms. The van der Waals surface area contributed by atoms with Crippen LogP contribution in [0.5, 0.6) is 0 Å². The van der Waals surface area contributed by atoms with Gasteiger partial charge in [0.2, 0.25) is 0 Å². The summed E-state index contributed by atoms with van der Waals surface area (Å²) in [5, 5.41) is 4.79. The van der Waals surface area contributed by atoms with Gasteiger partial charge in [-0.2, -0.15) is 0 Å². The van der Waals surface area contributed by atoms with E-state index in [0.29, 0.717) is 5.41 Å². The zero-order chi connectivity index (χ0) is 14.2. The van der Waals surface area contributed by atoms with Crippen molar-refractivity contribution in [3.8, 4) is 0 Å². The Morgan fingerprint density at radius 1 is 1.25 bits per heavy atom. The largest absolute Gasteiger partial charge is 0.348 e. The second kappa shape index (κ2) is 5.64. The fourth-order valence-electron chi connectivity index (χ4n) is 2.99.